The number of nitrogens with zero attached hydrogens (tertiary/aromatic N) is 3. The fourth-order valence-corrected chi connectivity index (χ4v) is 3.71. The molecule has 0 bridgehead atoms. The van der Waals surface area contributed by atoms with Crippen molar-refractivity contribution >= 4 is 23.6 Å². The molecule has 3 N–H and O–H groups in total. The summed E-state index contributed by atoms with van der Waals surface area (Å²) in [5.41, 5.74) is 2.23. The Kier molecular flexibility index (Phi) is 5.02. The summed E-state index contributed by atoms with van der Waals surface area (Å²) in [6.07, 6.45) is 5.63. The molecule has 25 heavy (non-hydrogen) atoms. The molecule has 7 nitrogen and oxygen atoms in total. The van der Waals surface area contributed by atoms with Crippen LogP contribution in [0, 0.1) is 0 Å². The minimum Gasteiger partial charge on any atom is -0.434 e. The highest BCUT2D eigenvalue weighted by Gasteiger charge is 2.21. The van der Waals surface area contributed by atoms with Crippen LogP contribution in [0.1, 0.15) is 18.4 Å². The summed E-state index contributed by atoms with van der Waals surface area (Å²) >= 11 is 1.58. The third-order valence-electron chi connectivity index (χ3n) is 4.49. The van der Waals surface area contributed by atoms with Crippen LogP contribution in [0.4, 0.5) is 11.5 Å². The minimum atomic E-state index is 0.525. The van der Waals surface area contributed by atoms with E-state index < -0.39 is 0 Å². The first-order chi connectivity index (χ1) is 12.3. The lowest BCUT2D eigenvalue weighted by Crippen LogP contribution is -2.40. The van der Waals surface area contributed by atoms with Crippen LogP contribution >= 0.6 is 12.1 Å². The average molecular weight is 358 g/mol. The van der Waals surface area contributed by atoms with E-state index in [0.717, 1.165) is 31.1 Å². The van der Waals surface area contributed by atoms with E-state index in [2.05, 4.69) is 41.8 Å². The maximum absolute atomic E-state index is 5.81. The summed E-state index contributed by atoms with van der Waals surface area (Å²) in [4.78, 5) is 11.0. The Morgan fingerprint density at radius 1 is 1.28 bits per heavy atom. The quantitative estimate of drug-likeness (QED) is 0.601. The molecule has 0 amide bonds. The fourth-order valence-electron chi connectivity index (χ4n) is 3.19. The third kappa shape index (κ3) is 3.87. The van der Waals surface area contributed by atoms with Crippen LogP contribution in [0.5, 0.6) is 11.6 Å². The standard InChI is InChI=1S/C17H22N6OS/c1-18-25-22-13-4-8-23(9-5-13)11-12-2-3-15-14(10-12)21-16-17(24-15)20-7-6-19-16/h2-3,6-7,10,13,18,22H,4-5,8-9,11H2,1H3,(H,19,21). The summed E-state index contributed by atoms with van der Waals surface area (Å²) in [5, 5.41) is 3.31. The number of aromatic nitrogens is 2. The first kappa shape index (κ1) is 16.6. The van der Waals surface area contributed by atoms with Gasteiger partial charge in [-0.15, -0.1) is 0 Å². The molecule has 3 heterocycles. The summed E-state index contributed by atoms with van der Waals surface area (Å²) in [5.74, 6) is 1.99. The zero-order chi connectivity index (χ0) is 17.1. The van der Waals surface area contributed by atoms with Gasteiger partial charge in [0, 0.05) is 37.1 Å². The van der Waals surface area contributed by atoms with E-state index in [4.69, 9.17) is 4.74 Å². The van der Waals surface area contributed by atoms with E-state index in [9.17, 15) is 0 Å². The first-order valence-electron chi connectivity index (χ1n) is 8.51. The summed E-state index contributed by atoms with van der Waals surface area (Å²) in [7, 11) is 1.94. The first-order valence-corrected chi connectivity index (χ1v) is 9.33. The molecule has 132 valence electrons. The molecule has 2 aromatic rings. The number of nitrogens with one attached hydrogen (secondary N) is 3. The molecule has 0 aliphatic carbocycles. The molecule has 0 saturated carbocycles. The van der Waals surface area contributed by atoms with Crippen molar-refractivity contribution in [2.24, 2.45) is 0 Å². The second kappa shape index (κ2) is 7.57. The van der Waals surface area contributed by atoms with Crippen LogP contribution < -0.4 is 19.5 Å². The number of rotatable bonds is 5. The minimum absolute atomic E-state index is 0.525. The van der Waals surface area contributed by atoms with E-state index in [1.165, 1.54) is 18.4 Å². The molecule has 1 fully saturated rings. The summed E-state index contributed by atoms with van der Waals surface area (Å²) in [6.45, 7) is 3.17. The second-order valence-corrected chi connectivity index (χ2v) is 7.09. The van der Waals surface area contributed by atoms with Crippen LogP contribution in [0.2, 0.25) is 0 Å². The van der Waals surface area contributed by atoms with Gasteiger partial charge in [0.15, 0.2) is 11.6 Å². The van der Waals surface area contributed by atoms with Gasteiger partial charge >= 0.3 is 0 Å². The molecule has 2 aliphatic heterocycles. The Labute approximate surface area is 151 Å². The van der Waals surface area contributed by atoms with Gasteiger partial charge in [0.1, 0.15) is 0 Å². The second-order valence-electron chi connectivity index (χ2n) is 6.24. The van der Waals surface area contributed by atoms with E-state index in [0.29, 0.717) is 17.7 Å². The van der Waals surface area contributed by atoms with Crippen LogP contribution in [0.15, 0.2) is 30.6 Å². The van der Waals surface area contributed by atoms with Crippen molar-refractivity contribution in [3.8, 4) is 11.6 Å². The van der Waals surface area contributed by atoms with Crippen LogP contribution in [-0.4, -0.2) is 41.0 Å². The van der Waals surface area contributed by atoms with Gasteiger partial charge in [-0.05, 0) is 50.7 Å². The monoisotopic (exact) mass is 358 g/mol. The van der Waals surface area contributed by atoms with Gasteiger partial charge in [0.25, 0.3) is 5.88 Å². The smallest absolute Gasteiger partial charge is 0.263 e. The maximum Gasteiger partial charge on any atom is 0.263 e. The van der Waals surface area contributed by atoms with Gasteiger partial charge < -0.3 is 10.1 Å². The molecule has 0 atom stereocenters. The van der Waals surface area contributed by atoms with E-state index in [1.807, 2.05) is 13.1 Å². The van der Waals surface area contributed by atoms with Crippen molar-refractivity contribution < 1.29 is 4.74 Å². The zero-order valence-electron chi connectivity index (χ0n) is 14.2. The molecule has 1 aromatic heterocycles. The molecule has 1 saturated heterocycles. The lowest BCUT2D eigenvalue weighted by molar-refractivity contribution is 0.201. The van der Waals surface area contributed by atoms with Gasteiger partial charge in [-0.25, -0.2) is 14.7 Å². The number of benzene rings is 1. The molecule has 0 radical (unpaired) electrons. The molecular weight excluding hydrogens is 336 g/mol. The molecule has 2 aliphatic rings. The third-order valence-corrected chi connectivity index (χ3v) is 5.15. The Bertz CT molecular complexity index is 735. The van der Waals surface area contributed by atoms with Gasteiger partial charge in [-0.2, -0.15) is 0 Å². The number of hydrogen-bond donors (Lipinski definition) is 3. The number of anilines is 2. The Morgan fingerprint density at radius 2 is 2.12 bits per heavy atom. The highest BCUT2D eigenvalue weighted by atomic mass is 32.2. The highest BCUT2D eigenvalue weighted by molar-refractivity contribution is 7.95. The molecule has 4 rings (SSSR count). The lowest BCUT2D eigenvalue weighted by Gasteiger charge is -2.32. The Morgan fingerprint density at radius 3 is 2.96 bits per heavy atom. The highest BCUT2D eigenvalue weighted by Crippen LogP contribution is 2.39. The summed E-state index contributed by atoms with van der Waals surface area (Å²) in [6, 6.07) is 6.87. The van der Waals surface area contributed by atoms with Gasteiger partial charge in [-0.3, -0.25) is 9.62 Å². The van der Waals surface area contributed by atoms with Crippen LogP contribution in [0.25, 0.3) is 0 Å². The van der Waals surface area contributed by atoms with Crippen LogP contribution in [0.3, 0.4) is 0 Å². The largest absolute Gasteiger partial charge is 0.434 e. The maximum atomic E-state index is 5.81. The molecule has 8 heteroatoms. The van der Waals surface area contributed by atoms with E-state index >= 15 is 0 Å². The van der Waals surface area contributed by atoms with E-state index in [-0.39, 0.29) is 0 Å². The van der Waals surface area contributed by atoms with Gasteiger partial charge in [0.05, 0.1) is 5.69 Å². The number of piperidine rings is 1. The Balaban J connectivity index is 1.37. The van der Waals surface area contributed by atoms with Crippen molar-refractivity contribution in [1.82, 2.24) is 24.3 Å². The number of ether oxygens (including phenoxy) is 1. The SMILES string of the molecule is CNSNC1CCN(Cc2ccc3c(c2)Nc2nccnc2O3)CC1. The molecule has 1 aromatic carbocycles. The van der Waals surface area contributed by atoms with E-state index in [1.54, 1.807) is 24.5 Å². The van der Waals surface area contributed by atoms with Gasteiger partial charge in [0.2, 0.25) is 0 Å². The van der Waals surface area contributed by atoms with Gasteiger partial charge in [-0.1, -0.05) is 6.07 Å². The Hall–Kier alpha value is -1.87. The van der Waals surface area contributed by atoms with Crippen molar-refractivity contribution in [3.05, 3.63) is 36.2 Å². The van der Waals surface area contributed by atoms with Crippen LogP contribution in [-0.2, 0) is 6.54 Å². The number of fused-ring (bicyclic) bond motifs is 2. The molecule has 0 spiro atoms. The van der Waals surface area contributed by atoms with Crippen molar-refractivity contribution in [1.29, 1.82) is 0 Å². The fraction of sp³-hybridized carbons (Fsp3) is 0.412. The van der Waals surface area contributed by atoms with Crippen molar-refractivity contribution in [2.45, 2.75) is 25.4 Å². The predicted octanol–water partition coefficient (Wildman–Crippen LogP) is 2.66. The summed E-state index contributed by atoms with van der Waals surface area (Å²) < 4.78 is 12.3. The number of likely N-dealkylation sites (tertiary alicyclic amines) is 1. The number of hydrogen-bond acceptors (Lipinski definition) is 8. The predicted molar refractivity (Wildman–Crippen MR) is 99.9 cm³/mol. The average Bonchev–Trinajstić information content (AvgIpc) is 2.66. The van der Waals surface area contributed by atoms with Crippen molar-refractivity contribution in [2.75, 3.05) is 25.5 Å². The zero-order valence-corrected chi connectivity index (χ0v) is 15.0. The lowest BCUT2D eigenvalue weighted by atomic mass is 10.0. The molecular formula is C17H22N6OS. The van der Waals surface area contributed by atoms with Crippen molar-refractivity contribution in [3.63, 3.8) is 0 Å². The normalized spacial score (nSPS) is 17.3. The molecule has 0 unspecified atom stereocenters. The topological polar surface area (TPSA) is 74.3 Å².